The summed E-state index contributed by atoms with van der Waals surface area (Å²) < 4.78 is 26.8. The lowest BCUT2D eigenvalue weighted by Gasteiger charge is -2.26. The third kappa shape index (κ3) is 4.01. The quantitative estimate of drug-likeness (QED) is 0.651. The Bertz CT molecular complexity index is 797. The Hall–Kier alpha value is -2.49. The number of halogens is 2. The Morgan fingerprint density at radius 1 is 0.923 bits per heavy atom. The number of nitrogens with zero attached hydrogens (tertiary/aromatic N) is 2. The number of hydrogen-bond donors (Lipinski definition) is 0. The number of aliphatic imine (C=N–C) groups is 1. The normalized spacial score (nSPS) is 15.8. The van der Waals surface area contributed by atoms with Crippen LogP contribution in [0.1, 0.15) is 34.1 Å². The van der Waals surface area contributed by atoms with Crippen molar-refractivity contribution in [1.29, 1.82) is 0 Å². The molecule has 1 aliphatic heterocycles. The first-order valence-corrected chi connectivity index (χ1v) is 8.79. The molecule has 2 aromatic rings. The molecule has 0 bridgehead atoms. The molecule has 0 aromatic heterocycles. The summed E-state index contributed by atoms with van der Waals surface area (Å²) in [4.78, 5) is 6.96. The van der Waals surface area contributed by atoms with Crippen molar-refractivity contribution in [2.24, 2.45) is 4.99 Å². The fraction of sp³-hybridized carbons (Fsp3) is 0.318. The van der Waals surface area contributed by atoms with Gasteiger partial charge in [-0.25, -0.2) is 8.78 Å². The van der Waals surface area contributed by atoms with Crippen molar-refractivity contribution in [1.82, 2.24) is 0 Å². The lowest BCUT2D eigenvalue weighted by Crippen LogP contribution is -2.25. The minimum absolute atomic E-state index is 0.126. The third-order valence-electron chi connectivity index (χ3n) is 4.58. The number of rotatable bonds is 4. The van der Waals surface area contributed by atoms with Crippen LogP contribution in [0.5, 0.6) is 0 Å². The maximum absolute atomic E-state index is 13.4. The molecule has 1 aliphatic rings. The van der Waals surface area contributed by atoms with E-state index in [-0.39, 0.29) is 17.2 Å². The second-order valence-electron chi connectivity index (χ2n) is 7.57. The van der Waals surface area contributed by atoms with Crippen molar-refractivity contribution in [2.45, 2.75) is 39.7 Å². The number of allylic oxidation sites excluding steroid dienone is 1. The first-order valence-electron chi connectivity index (χ1n) is 8.79. The van der Waals surface area contributed by atoms with Gasteiger partial charge in [-0.05, 0) is 88.2 Å². The molecule has 0 radical (unpaired) electrons. The maximum atomic E-state index is 13.4. The molecule has 0 spiro atoms. The van der Waals surface area contributed by atoms with Crippen LogP contribution in [-0.2, 0) is 0 Å². The smallest absolute Gasteiger partial charge is 0.123 e. The Morgan fingerprint density at radius 2 is 1.38 bits per heavy atom. The van der Waals surface area contributed by atoms with Crippen LogP contribution in [-0.4, -0.2) is 17.8 Å². The molecule has 0 amide bonds. The molecule has 136 valence electrons. The zero-order valence-electron chi connectivity index (χ0n) is 15.7. The molecule has 0 saturated carbocycles. The summed E-state index contributed by atoms with van der Waals surface area (Å²) >= 11 is 0. The molecular formula is C22H24F2N2. The summed E-state index contributed by atoms with van der Waals surface area (Å²) in [5.41, 5.74) is 5.12. The summed E-state index contributed by atoms with van der Waals surface area (Å²) in [6.45, 7) is 9.02. The Morgan fingerprint density at radius 3 is 1.81 bits per heavy atom. The molecular weight excluding hydrogens is 330 g/mol. The van der Waals surface area contributed by atoms with E-state index in [1.165, 1.54) is 35.4 Å². The molecule has 0 N–H and O–H groups in total. The molecule has 1 heterocycles. The third-order valence-corrected chi connectivity index (χ3v) is 4.58. The largest absolute Gasteiger partial charge is 0.335 e. The van der Waals surface area contributed by atoms with Gasteiger partial charge in [0.25, 0.3) is 0 Å². The van der Waals surface area contributed by atoms with Gasteiger partial charge in [-0.3, -0.25) is 4.99 Å². The lowest BCUT2D eigenvalue weighted by atomic mass is 9.95. The molecule has 2 aromatic carbocycles. The molecule has 2 nitrogen and oxygen atoms in total. The van der Waals surface area contributed by atoms with Crippen LogP contribution in [0.15, 0.2) is 64.7 Å². The van der Waals surface area contributed by atoms with Gasteiger partial charge < -0.3 is 4.90 Å². The summed E-state index contributed by atoms with van der Waals surface area (Å²) in [6.07, 6.45) is 0.908. The van der Waals surface area contributed by atoms with E-state index in [1.807, 2.05) is 4.90 Å². The average molecular weight is 354 g/mol. The summed E-state index contributed by atoms with van der Waals surface area (Å²) in [7, 11) is 0. The van der Waals surface area contributed by atoms with Crippen LogP contribution < -0.4 is 4.90 Å². The van der Waals surface area contributed by atoms with E-state index in [0.717, 1.165) is 23.5 Å². The Balaban J connectivity index is 2.02. The monoisotopic (exact) mass is 354 g/mol. The zero-order chi connectivity index (χ0) is 18.9. The van der Waals surface area contributed by atoms with Gasteiger partial charge in [0, 0.05) is 11.4 Å². The molecule has 0 saturated heterocycles. The van der Waals surface area contributed by atoms with Crippen LogP contribution in [0.3, 0.4) is 0 Å². The lowest BCUT2D eigenvalue weighted by molar-refractivity contribution is 0.545. The van der Waals surface area contributed by atoms with E-state index in [4.69, 9.17) is 4.99 Å². The van der Waals surface area contributed by atoms with E-state index in [0.29, 0.717) is 6.54 Å². The van der Waals surface area contributed by atoms with Gasteiger partial charge in [0.05, 0.1) is 17.8 Å². The minimum atomic E-state index is -0.280. The van der Waals surface area contributed by atoms with E-state index >= 15 is 0 Å². The van der Waals surface area contributed by atoms with Crippen molar-refractivity contribution in [3.05, 3.63) is 71.3 Å². The Labute approximate surface area is 153 Å². The van der Waals surface area contributed by atoms with Gasteiger partial charge in [-0.15, -0.1) is 0 Å². The van der Waals surface area contributed by atoms with Gasteiger partial charge in [-0.1, -0.05) is 5.57 Å². The van der Waals surface area contributed by atoms with Crippen molar-refractivity contribution >= 4 is 17.1 Å². The van der Waals surface area contributed by atoms with E-state index in [2.05, 4.69) is 27.7 Å². The van der Waals surface area contributed by atoms with Crippen molar-refractivity contribution in [3.63, 3.8) is 0 Å². The van der Waals surface area contributed by atoms with Crippen molar-refractivity contribution in [2.75, 3.05) is 11.4 Å². The first kappa shape index (κ1) is 18.3. The topological polar surface area (TPSA) is 15.6 Å². The van der Waals surface area contributed by atoms with Crippen LogP contribution in [0.2, 0.25) is 0 Å². The average Bonchev–Trinajstić information content (AvgIpc) is 2.89. The SMILES string of the molecule is CC(C)=C1CC(C)(C)N=C1CN(c1ccc(F)cc1)c1ccc(F)cc1. The fourth-order valence-corrected chi connectivity index (χ4v) is 3.33. The number of anilines is 2. The summed E-state index contributed by atoms with van der Waals surface area (Å²) in [5.74, 6) is -0.561. The molecule has 26 heavy (non-hydrogen) atoms. The standard InChI is InChI=1S/C22H24F2N2/c1-15(2)20-13-22(3,4)25-21(20)14-26(18-9-5-16(23)6-10-18)19-11-7-17(24)8-12-19/h5-12H,13-14H2,1-4H3. The van der Waals surface area contributed by atoms with Crippen molar-refractivity contribution in [3.8, 4) is 0 Å². The molecule has 0 fully saturated rings. The fourth-order valence-electron chi connectivity index (χ4n) is 3.33. The van der Waals surface area contributed by atoms with Crippen LogP contribution in [0, 0.1) is 11.6 Å². The molecule has 4 heteroatoms. The van der Waals surface area contributed by atoms with Gasteiger partial charge in [0.15, 0.2) is 0 Å². The highest BCUT2D eigenvalue weighted by atomic mass is 19.1. The summed E-state index contributed by atoms with van der Waals surface area (Å²) in [6, 6.07) is 12.7. The van der Waals surface area contributed by atoms with Gasteiger partial charge in [-0.2, -0.15) is 0 Å². The number of hydrogen-bond acceptors (Lipinski definition) is 2. The highest BCUT2D eigenvalue weighted by molar-refractivity contribution is 6.06. The predicted octanol–water partition coefficient (Wildman–Crippen LogP) is 6.06. The second kappa shape index (κ2) is 7.02. The highest BCUT2D eigenvalue weighted by Crippen LogP contribution is 2.34. The second-order valence-corrected chi connectivity index (χ2v) is 7.57. The first-order chi connectivity index (χ1) is 12.2. The van der Waals surface area contributed by atoms with Crippen LogP contribution >= 0.6 is 0 Å². The maximum Gasteiger partial charge on any atom is 0.123 e. The molecule has 3 rings (SSSR count). The molecule has 0 unspecified atom stereocenters. The van der Waals surface area contributed by atoms with E-state index in [9.17, 15) is 8.78 Å². The molecule has 0 aliphatic carbocycles. The van der Waals surface area contributed by atoms with E-state index < -0.39 is 0 Å². The minimum Gasteiger partial charge on any atom is -0.335 e. The van der Waals surface area contributed by atoms with Crippen LogP contribution in [0.25, 0.3) is 0 Å². The van der Waals surface area contributed by atoms with Gasteiger partial charge in [0.2, 0.25) is 0 Å². The number of benzene rings is 2. The highest BCUT2D eigenvalue weighted by Gasteiger charge is 2.30. The van der Waals surface area contributed by atoms with Gasteiger partial charge in [0.1, 0.15) is 11.6 Å². The van der Waals surface area contributed by atoms with E-state index in [1.54, 1.807) is 24.3 Å². The predicted molar refractivity (Wildman–Crippen MR) is 104 cm³/mol. The zero-order valence-corrected chi connectivity index (χ0v) is 15.7. The van der Waals surface area contributed by atoms with Gasteiger partial charge >= 0.3 is 0 Å². The molecule has 0 atom stereocenters. The summed E-state index contributed by atoms with van der Waals surface area (Å²) in [5, 5.41) is 0. The van der Waals surface area contributed by atoms with Crippen LogP contribution in [0.4, 0.5) is 20.2 Å². The van der Waals surface area contributed by atoms with Crippen molar-refractivity contribution < 1.29 is 8.78 Å². The Kier molecular flexibility index (Phi) is 4.94.